The minimum absolute atomic E-state index is 0.340. The van der Waals surface area contributed by atoms with Crippen LogP contribution >= 0.6 is 0 Å². The van der Waals surface area contributed by atoms with E-state index in [0.29, 0.717) is 25.9 Å². The Balaban J connectivity index is 2.14. The van der Waals surface area contributed by atoms with Gasteiger partial charge in [0, 0.05) is 18.5 Å². The van der Waals surface area contributed by atoms with Gasteiger partial charge in [-0.3, -0.25) is 0 Å². The first-order valence-corrected chi connectivity index (χ1v) is 3.54. The first-order chi connectivity index (χ1) is 4.68. The van der Waals surface area contributed by atoms with Gasteiger partial charge in [-0.2, -0.15) is 0 Å². The molecule has 0 aromatic heterocycles. The summed E-state index contributed by atoms with van der Waals surface area (Å²) in [5, 5.41) is 2.91. The highest BCUT2D eigenvalue weighted by Crippen LogP contribution is 2.51. The maximum absolute atomic E-state index is 13.1. The molecule has 0 aromatic rings. The molecular formula is C7H10FNO. The Morgan fingerprint density at radius 3 is 2.50 bits per heavy atom. The van der Waals surface area contributed by atoms with Crippen LogP contribution < -0.4 is 5.32 Å². The zero-order valence-corrected chi connectivity index (χ0v) is 5.69. The molecule has 2 aliphatic heterocycles. The van der Waals surface area contributed by atoms with Crippen LogP contribution in [0.15, 0.2) is 0 Å². The predicted octanol–water partition coefficient (Wildman–Crippen LogP) is 0.277. The monoisotopic (exact) mass is 143 g/mol. The predicted molar refractivity (Wildman–Crippen MR) is 34.4 cm³/mol. The summed E-state index contributed by atoms with van der Waals surface area (Å²) < 4.78 is 13.1. The summed E-state index contributed by atoms with van der Waals surface area (Å²) in [4.78, 5) is 10.5. The number of rotatable bonds is 1. The van der Waals surface area contributed by atoms with E-state index in [1.54, 1.807) is 0 Å². The second-order valence-electron chi connectivity index (χ2n) is 3.59. The van der Waals surface area contributed by atoms with E-state index in [-0.39, 0.29) is 5.41 Å². The molecule has 1 saturated carbocycles. The molecule has 0 spiro atoms. The fraction of sp³-hybridized carbons (Fsp3) is 0.857. The molecule has 2 nitrogen and oxygen atoms in total. The molecule has 2 bridgehead atoms. The molecule has 0 unspecified atom stereocenters. The Bertz CT molecular complexity index is 174. The van der Waals surface area contributed by atoms with Crippen molar-refractivity contribution in [2.75, 3.05) is 13.1 Å². The number of nitrogens with one attached hydrogen (secondary N) is 1. The molecule has 3 heteroatoms. The summed E-state index contributed by atoms with van der Waals surface area (Å²) in [6.45, 7) is 1.10. The van der Waals surface area contributed by atoms with Crippen LogP contribution in [-0.4, -0.2) is 25.0 Å². The molecule has 0 amide bonds. The SMILES string of the molecule is O=CC12CNCC(F)(C1)C2. The van der Waals surface area contributed by atoms with Crippen molar-refractivity contribution in [3.8, 4) is 0 Å². The van der Waals surface area contributed by atoms with Crippen LogP contribution in [-0.2, 0) is 4.79 Å². The molecule has 1 aliphatic carbocycles. The van der Waals surface area contributed by atoms with Crippen LogP contribution in [0, 0.1) is 5.41 Å². The lowest BCUT2D eigenvalue weighted by Crippen LogP contribution is -2.64. The van der Waals surface area contributed by atoms with Gasteiger partial charge in [-0.15, -0.1) is 0 Å². The smallest absolute Gasteiger partial charge is 0.127 e. The number of hydrogen-bond donors (Lipinski definition) is 1. The summed E-state index contributed by atoms with van der Waals surface area (Å²) in [7, 11) is 0. The average Bonchev–Trinajstić information content (AvgIpc) is 1.86. The third-order valence-electron chi connectivity index (χ3n) is 2.51. The Morgan fingerprint density at radius 1 is 1.40 bits per heavy atom. The summed E-state index contributed by atoms with van der Waals surface area (Å²) in [6.07, 6.45) is 1.78. The second kappa shape index (κ2) is 1.59. The van der Waals surface area contributed by atoms with Crippen LogP contribution in [0.4, 0.5) is 4.39 Å². The highest BCUT2D eigenvalue weighted by Gasteiger charge is 2.58. The Hall–Kier alpha value is -0.440. The van der Waals surface area contributed by atoms with E-state index in [9.17, 15) is 9.18 Å². The van der Waals surface area contributed by atoms with Gasteiger partial charge in [-0.25, -0.2) is 4.39 Å². The molecule has 0 aromatic carbocycles. The molecule has 2 heterocycles. The highest BCUT2D eigenvalue weighted by molar-refractivity contribution is 5.63. The van der Waals surface area contributed by atoms with E-state index < -0.39 is 5.67 Å². The maximum atomic E-state index is 13.1. The third kappa shape index (κ3) is 0.639. The van der Waals surface area contributed by atoms with Crippen LogP contribution in [0.2, 0.25) is 0 Å². The van der Waals surface area contributed by atoms with Crippen molar-refractivity contribution >= 4 is 6.29 Å². The van der Waals surface area contributed by atoms with E-state index >= 15 is 0 Å². The molecule has 3 rings (SSSR count). The number of alkyl halides is 1. The number of carbonyl (C=O) groups is 1. The van der Waals surface area contributed by atoms with Gasteiger partial charge in [0.05, 0.1) is 0 Å². The number of piperidine rings is 2. The minimum Gasteiger partial charge on any atom is -0.313 e. The van der Waals surface area contributed by atoms with E-state index in [0.717, 1.165) is 6.29 Å². The van der Waals surface area contributed by atoms with Gasteiger partial charge in [0.2, 0.25) is 0 Å². The molecule has 3 aliphatic rings. The van der Waals surface area contributed by atoms with E-state index in [1.807, 2.05) is 0 Å². The molecule has 1 N–H and O–H groups in total. The van der Waals surface area contributed by atoms with Crippen molar-refractivity contribution in [2.45, 2.75) is 18.5 Å². The number of aldehydes is 1. The zero-order chi connectivity index (χ0) is 7.24. The largest absolute Gasteiger partial charge is 0.313 e. The first kappa shape index (κ1) is 6.28. The van der Waals surface area contributed by atoms with Crippen LogP contribution in [0.1, 0.15) is 12.8 Å². The van der Waals surface area contributed by atoms with Crippen molar-refractivity contribution in [2.24, 2.45) is 5.41 Å². The van der Waals surface area contributed by atoms with Gasteiger partial charge in [0.15, 0.2) is 0 Å². The van der Waals surface area contributed by atoms with Gasteiger partial charge in [-0.1, -0.05) is 0 Å². The second-order valence-corrected chi connectivity index (χ2v) is 3.59. The molecule has 0 radical (unpaired) electrons. The lowest BCUT2D eigenvalue weighted by Gasteiger charge is -2.53. The van der Waals surface area contributed by atoms with Crippen LogP contribution in [0.25, 0.3) is 0 Å². The molecule has 0 atom stereocenters. The number of fused-ring (bicyclic) bond motifs is 2. The van der Waals surface area contributed by atoms with Gasteiger partial charge in [0.1, 0.15) is 12.0 Å². The van der Waals surface area contributed by atoms with Crippen molar-refractivity contribution in [1.82, 2.24) is 5.32 Å². The quantitative estimate of drug-likeness (QED) is 0.534. The molecule has 2 saturated heterocycles. The topological polar surface area (TPSA) is 29.1 Å². The Kier molecular flexibility index (Phi) is 0.997. The molecule has 3 fully saturated rings. The fourth-order valence-electron chi connectivity index (χ4n) is 2.12. The van der Waals surface area contributed by atoms with Crippen molar-refractivity contribution in [3.63, 3.8) is 0 Å². The number of hydrogen-bond acceptors (Lipinski definition) is 2. The van der Waals surface area contributed by atoms with Crippen molar-refractivity contribution < 1.29 is 9.18 Å². The summed E-state index contributed by atoms with van der Waals surface area (Å²) in [5.74, 6) is 0. The van der Waals surface area contributed by atoms with E-state index in [4.69, 9.17) is 0 Å². The van der Waals surface area contributed by atoms with Gasteiger partial charge in [0.25, 0.3) is 0 Å². The fourth-order valence-corrected chi connectivity index (χ4v) is 2.12. The molecular weight excluding hydrogens is 133 g/mol. The zero-order valence-electron chi connectivity index (χ0n) is 5.69. The Labute approximate surface area is 58.8 Å². The van der Waals surface area contributed by atoms with E-state index in [2.05, 4.69) is 5.32 Å². The first-order valence-electron chi connectivity index (χ1n) is 3.54. The standard InChI is InChI=1S/C7H10FNO/c8-7-1-6(2-7,5-10)3-9-4-7/h5,9H,1-4H2. The maximum Gasteiger partial charge on any atom is 0.127 e. The molecule has 10 heavy (non-hydrogen) atoms. The third-order valence-corrected chi connectivity index (χ3v) is 2.51. The lowest BCUT2D eigenvalue weighted by atomic mass is 9.58. The number of carbonyl (C=O) groups excluding carboxylic acids is 1. The summed E-state index contributed by atoms with van der Waals surface area (Å²) >= 11 is 0. The van der Waals surface area contributed by atoms with Crippen molar-refractivity contribution in [1.29, 1.82) is 0 Å². The Morgan fingerprint density at radius 2 is 2.10 bits per heavy atom. The normalized spacial score (nSPS) is 51.7. The van der Waals surface area contributed by atoms with Crippen LogP contribution in [0.3, 0.4) is 0 Å². The minimum atomic E-state index is -1.06. The van der Waals surface area contributed by atoms with E-state index in [1.165, 1.54) is 0 Å². The van der Waals surface area contributed by atoms with Gasteiger partial charge < -0.3 is 10.1 Å². The van der Waals surface area contributed by atoms with Crippen molar-refractivity contribution in [3.05, 3.63) is 0 Å². The summed E-state index contributed by atoms with van der Waals surface area (Å²) in [5.41, 5.74) is -1.40. The lowest BCUT2D eigenvalue weighted by molar-refractivity contribution is -0.140. The van der Waals surface area contributed by atoms with Gasteiger partial charge in [-0.05, 0) is 12.8 Å². The van der Waals surface area contributed by atoms with Gasteiger partial charge >= 0.3 is 0 Å². The average molecular weight is 143 g/mol. The van der Waals surface area contributed by atoms with Crippen LogP contribution in [0.5, 0.6) is 0 Å². The summed E-state index contributed by atoms with van der Waals surface area (Å²) in [6, 6.07) is 0. The number of halogens is 1. The molecule has 56 valence electrons. The highest BCUT2D eigenvalue weighted by atomic mass is 19.1.